The van der Waals surface area contributed by atoms with Gasteiger partial charge < -0.3 is 14.8 Å². The van der Waals surface area contributed by atoms with Crippen molar-refractivity contribution >= 4 is 17.5 Å². The quantitative estimate of drug-likeness (QED) is 0.356. The van der Waals surface area contributed by atoms with Gasteiger partial charge in [0.05, 0.1) is 11.3 Å². The minimum absolute atomic E-state index is 0.00811. The molecule has 0 aliphatic heterocycles. The summed E-state index contributed by atoms with van der Waals surface area (Å²) in [5, 5.41) is 25.3. The minimum atomic E-state index is -1.14. The largest absolute Gasteiger partial charge is 0.504 e. The molecule has 8 heteroatoms. The second-order valence-electron chi connectivity index (χ2n) is 5.75. The maximum Gasteiger partial charge on any atom is 0.337 e. The number of hydrogen-bond acceptors (Lipinski definition) is 5. The summed E-state index contributed by atoms with van der Waals surface area (Å²) in [4.78, 5) is 27.6. The molecule has 0 bridgehead atoms. The van der Waals surface area contributed by atoms with E-state index < -0.39 is 17.5 Å². The van der Waals surface area contributed by atoms with E-state index in [0.717, 1.165) is 17.2 Å². The molecular formula is C18H16N4O4. The van der Waals surface area contributed by atoms with Crippen LogP contribution in [0.5, 0.6) is 0 Å². The van der Waals surface area contributed by atoms with Gasteiger partial charge in [-0.15, -0.1) is 0 Å². The highest BCUT2D eigenvalue weighted by molar-refractivity contribution is 6.07. The second-order valence-corrected chi connectivity index (χ2v) is 5.75. The number of carboxylic acid groups (broad SMARTS) is 1. The fourth-order valence-corrected chi connectivity index (χ4v) is 2.45. The molecule has 1 aromatic carbocycles. The lowest BCUT2D eigenvalue weighted by atomic mass is 10.1. The molecule has 0 saturated carbocycles. The second kappa shape index (κ2) is 7.06. The molecule has 0 aliphatic carbocycles. The molecule has 0 radical (unpaired) electrons. The van der Waals surface area contributed by atoms with Crippen LogP contribution in [0.1, 0.15) is 37.8 Å². The first kappa shape index (κ1) is 17.2. The molecular weight excluding hydrogens is 336 g/mol. The Balaban J connectivity index is 1.94. The minimum Gasteiger partial charge on any atom is -0.504 e. The molecule has 2 heterocycles. The van der Waals surface area contributed by atoms with E-state index in [4.69, 9.17) is 0 Å². The zero-order chi connectivity index (χ0) is 18.7. The van der Waals surface area contributed by atoms with Crippen LogP contribution in [0.4, 0.5) is 0 Å². The van der Waals surface area contributed by atoms with E-state index >= 15 is 0 Å². The molecule has 0 atom stereocenters. The number of aliphatic hydroxyl groups excluding tert-OH is 1. The predicted octanol–water partition coefficient (Wildman–Crippen LogP) is 2.44. The topological polar surface area (TPSA) is 121 Å². The fraction of sp³-hybridized carbons (Fsp3) is 0.111. The number of carboxylic acids is 1. The molecule has 0 unspecified atom stereocenters. The third kappa shape index (κ3) is 3.69. The van der Waals surface area contributed by atoms with Crippen LogP contribution in [0.15, 0.2) is 48.9 Å². The highest BCUT2D eigenvalue weighted by atomic mass is 16.4. The highest BCUT2D eigenvalue weighted by Crippen LogP contribution is 2.16. The molecule has 0 amide bonds. The Hall–Kier alpha value is -3.68. The smallest absolute Gasteiger partial charge is 0.337 e. The standard InChI is InChI=1S/C18H16N4O4/c1-11-2-4-12(5-3-11)8-22-9-13(18(25)26)6-14(22)15(23)7-16(24)17-19-10-20-21-17/h2-7,9-10,24H,8H2,1H3,(H,25,26)(H,19,20,21). The van der Waals surface area contributed by atoms with E-state index in [2.05, 4.69) is 15.2 Å². The van der Waals surface area contributed by atoms with Crippen molar-refractivity contribution in [3.8, 4) is 0 Å². The lowest BCUT2D eigenvalue weighted by molar-refractivity contribution is 0.0696. The van der Waals surface area contributed by atoms with Crippen molar-refractivity contribution in [3.63, 3.8) is 0 Å². The molecule has 132 valence electrons. The molecule has 26 heavy (non-hydrogen) atoms. The number of nitrogens with one attached hydrogen (secondary N) is 1. The van der Waals surface area contributed by atoms with Gasteiger partial charge in [-0.05, 0) is 18.6 Å². The number of aromatic nitrogens is 4. The van der Waals surface area contributed by atoms with Crippen molar-refractivity contribution in [2.24, 2.45) is 0 Å². The summed E-state index contributed by atoms with van der Waals surface area (Å²) in [5.74, 6) is -2.11. The molecule has 0 saturated heterocycles. The van der Waals surface area contributed by atoms with Crippen LogP contribution in [0.25, 0.3) is 5.76 Å². The SMILES string of the molecule is Cc1ccc(Cn2cc(C(=O)O)cc2C(=O)C=C(O)c2nc[nH]n2)cc1. The maximum atomic E-state index is 12.5. The van der Waals surface area contributed by atoms with E-state index in [1.165, 1.54) is 23.2 Å². The number of aryl methyl sites for hydroxylation is 1. The number of nitrogens with zero attached hydrogens (tertiary/aromatic N) is 3. The van der Waals surface area contributed by atoms with Gasteiger partial charge in [0, 0.05) is 18.8 Å². The van der Waals surface area contributed by atoms with Gasteiger partial charge in [0.25, 0.3) is 0 Å². The van der Waals surface area contributed by atoms with Crippen LogP contribution in [0, 0.1) is 6.92 Å². The lowest BCUT2D eigenvalue weighted by Crippen LogP contribution is -2.08. The van der Waals surface area contributed by atoms with E-state index in [1.807, 2.05) is 31.2 Å². The molecule has 0 aliphatic rings. The monoisotopic (exact) mass is 352 g/mol. The van der Waals surface area contributed by atoms with Crippen LogP contribution in [-0.2, 0) is 6.54 Å². The Kier molecular flexibility index (Phi) is 4.66. The predicted molar refractivity (Wildman–Crippen MR) is 93.0 cm³/mol. The van der Waals surface area contributed by atoms with E-state index in [-0.39, 0.29) is 17.1 Å². The number of H-pyrrole nitrogens is 1. The first-order valence-electron chi connectivity index (χ1n) is 7.74. The molecule has 3 aromatic rings. The van der Waals surface area contributed by atoms with E-state index in [9.17, 15) is 19.8 Å². The van der Waals surface area contributed by atoms with Crippen LogP contribution < -0.4 is 0 Å². The van der Waals surface area contributed by atoms with Crippen LogP contribution in [-0.4, -0.2) is 41.7 Å². The summed E-state index contributed by atoms with van der Waals surface area (Å²) in [6.45, 7) is 2.29. The lowest BCUT2D eigenvalue weighted by Gasteiger charge is -2.08. The highest BCUT2D eigenvalue weighted by Gasteiger charge is 2.17. The van der Waals surface area contributed by atoms with Gasteiger partial charge in [-0.1, -0.05) is 29.8 Å². The number of hydrogen-bond donors (Lipinski definition) is 3. The Morgan fingerprint density at radius 1 is 1.23 bits per heavy atom. The number of carbonyl (C=O) groups excluding carboxylic acids is 1. The van der Waals surface area contributed by atoms with Crippen LogP contribution >= 0.6 is 0 Å². The van der Waals surface area contributed by atoms with Gasteiger partial charge in [0.1, 0.15) is 6.33 Å². The van der Waals surface area contributed by atoms with Crippen LogP contribution in [0.2, 0.25) is 0 Å². The zero-order valence-corrected chi connectivity index (χ0v) is 13.9. The molecule has 0 spiro atoms. The average Bonchev–Trinajstić information content (AvgIpc) is 3.26. The Bertz CT molecular complexity index is 969. The third-order valence-corrected chi connectivity index (χ3v) is 3.78. The molecule has 3 N–H and O–H groups in total. The average molecular weight is 352 g/mol. The number of ketones is 1. The summed E-state index contributed by atoms with van der Waals surface area (Å²) in [7, 11) is 0. The van der Waals surface area contributed by atoms with Gasteiger partial charge in [-0.25, -0.2) is 9.78 Å². The maximum absolute atomic E-state index is 12.5. The number of aromatic carboxylic acids is 1. The Morgan fingerprint density at radius 3 is 2.58 bits per heavy atom. The summed E-state index contributed by atoms with van der Waals surface area (Å²) in [5.41, 5.74) is 2.15. The van der Waals surface area contributed by atoms with Crippen molar-refractivity contribution < 1.29 is 19.8 Å². The van der Waals surface area contributed by atoms with Gasteiger partial charge in [-0.2, -0.15) is 5.10 Å². The number of aliphatic hydroxyl groups is 1. The van der Waals surface area contributed by atoms with Gasteiger partial charge in [-0.3, -0.25) is 9.89 Å². The fourth-order valence-electron chi connectivity index (χ4n) is 2.45. The Labute approximate surface area is 148 Å². The first-order chi connectivity index (χ1) is 12.4. The van der Waals surface area contributed by atoms with Crippen molar-refractivity contribution in [1.29, 1.82) is 0 Å². The third-order valence-electron chi connectivity index (χ3n) is 3.78. The van der Waals surface area contributed by atoms with Crippen LogP contribution in [0.3, 0.4) is 0 Å². The van der Waals surface area contributed by atoms with Crippen molar-refractivity contribution in [2.45, 2.75) is 13.5 Å². The van der Waals surface area contributed by atoms with E-state index in [0.29, 0.717) is 6.54 Å². The summed E-state index contributed by atoms with van der Waals surface area (Å²) < 4.78 is 1.54. The molecule has 2 aromatic heterocycles. The van der Waals surface area contributed by atoms with E-state index in [1.54, 1.807) is 0 Å². The number of carbonyl (C=O) groups is 2. The molecule has 8 nitrogen and oxygen atoms in total. The summed E-state index contributed by atoms with van der Waals surface area (Å²) in [6.07, 6.45) is 3.63. The summed E-state index contributed by atoms with van der Waals surface area (Å²) in [6, 6.07) is 8.97. The van der Waals surface area contributed by atoms with Crippen molar-refractivity contribution in [3.05, 3.63) is 77.1 Å². The van der Waals surface area contributed by atoms with Gasteiger partial charge >= 0.3 is 5.97 Å². The number of allylic oxidation sites excluding steroid dienone is 1. The number of rotatable bonds is 6. The molecule has 3 rings (SSSR count). The van der Waals surface area contributed by atoms with Crippen molar-refractivity contribution in [2.75, 3.05) is 0 Å². The summed E-state index contributed by atoms with van der Waals surface area (Å²) >= 11 is 0. The number of benzene rings is 1. The Morgan fingerprint density at radius 2 is 1.96 bits per heavy atom. The normalized spacial score (nSPS) is 11.5. The van der Waals surface area contributed by atoms with Gasteiger partial charge in [0.15, 0.2) is 5.76 Å². The number of aromatic amines is 1. The first-order valence-corrected chi connectivity index (χ1v) is 7.74. The zero-order valence-electron chi connectivity index (χ0n) is 13.9. The van der Waals surface area contributed by atoms with Crippen molar-refractivity contribution in [1.82, 2.24) is 19.7 Å². The van der Waals surface area contributed by atoms with Gasteiger partial charge in [0.2, 0.25) is 11.6 Å². The molecule has 0 fully saturated rings.